The molecule has 0 N–H and O–H groups in total. The van der Waals surface area contributed by atoms with Gasteiger partial charge in [-0.1, -0.05) is 36.4 Å². The van der Waals surface area contributed by atoms with Crippen molar-refractivity contribution in [1.29, 1.82) is 0 Å². The van der Waals surface area contributed by atoms with E-state index in [9.17, 15) is 14.0 Å². The number of hydrogen-bond acceptors (Lipinski definition) is 3. The van der Waals surface area contributed by atoms with E-state index in [0.717, 1.165) is 33.6 Å². The van der Waals surface area contributed by atoms with E-state index in [-0.39, 0.29) is 23.4 Å². The Hall–Kier alpha value is -3.12. The first-order chi connectivity index (χ1) is 14.9. The zero-order chi connectivity index (χ0) is 21.8. The molecule has 3 aromatic carbocycles. The van der Waals surface area contributed by atoms with Gasteiger partial charge < -0.3 is 4.90 Å². The minimum Gasteiger partial charge on any atom is -0.304 e. The summed E-state index contributed by atoms with van der Waals surface area (Å²) in [6.07, 6.45) is 0. The third kappa shape index (κ3) is 3.05. The largest absolute Gasteiger partial charge is 0.304 e. The topological polar surface area (TPSA) is 40.6 Å². The van der Waals surface area contributed by atoms with Crippen molar-refractivity contribution >= 4 is 35.0 Å². The second-order valence-corrected chi connectivity index (χ2v) is 9.21. The monoisotopic (exact) mass is 432 g/mol. The van der Waals surface area contributed by atoms with Crippen molar-refractivity contribution in [3.05, 3.63) is 94.8 Å². The number of fused-ring (bicyclic) bond motifs is 2. The van der Waals surface area contributed by atoms with Crippen LogP contribution < -0.4 is 9.80 Å². The molecule has 0 saturated carbocycles. The van der Waals surface area contributed by atoms with Gasteiger partial charge >= 0.3 is 0 Å². The first-order valence-electron chi connectivity index (χ1n) is 10.1. The van der Waals surface area contributed by atoms with Crippen LogP contribution in [0.5, 0.6) is 0 Å². The van der Waals surface area contributed by atoms with Crippen molar-refractivity contribution in [2.45, 2.75) is 25.3 Å². The molecule has 1 saturated heterocycles. The van der Waals surface area contributed by atoms with Crippen LogP contribution in [0, 0.1) is 19.7 Å². The van der Waals surface area contributed by atoms with E-state index in [1.807, 2.05) is 50.2 Å². The summed E-state index contributed by atoms with van der Waals surface area (Å²) < 4.78 is 13.4. The van der Waals surface area contributed by atoms with E-state index in [1.165, 1.54) is 23.9 Å². The van der Waals surface area contributed by atoms with Crippen molar-refractivity contribution in [1.82, 2.24) is 0 Å². The van der Waals surface area contributed by atoms with E-state index in [2.05, 4.69) is 6.07 Å². The molecule has 1 atom stereocenters. The fraction of sp³-hybridized carbons (Fsp3) is 0.200. The van der Waals surface area contributed by atoms with Crippen molar-refractivity contribution in [2.75, 3.05) is 15.6 Å². The SMILES string of the molecule is Cc1cc(C)cc(N2C(=O)CSC23C(=O)N(Cc2ccc(F)cc2)c2ccccc23)c1. The summed E-state index contributed by atoms with van der Waals surface area (Å²) in [7, 11) is 0. The summed E-state index contributed by atoms with van der Waals surface area (Å²) in [4.78, 5) is 29.4. The molecule has 3 aromatic rings. The smallest absolute Gasteiger partial charge is 0.269 e. The number of anilines is 2. The van der Waals surface area contributed by atoms with Gasteiger partial charge in [0.25, 0.3) is 5.91 Å². The van der Waals surface area contributed by atoms with Crippen LogP contribution >= 0.6 is 11.8 Å². The number of carbonyl (C=O) groups is 2. The lowest BCUT2D eigenvalue weighted by molar-refractivity contribution is -0.123. The molecule has 156 valence electrons. The van der Waals surface area contributed by atoms with Crippen molar-refractivity contribution in [2.24, 2.45) is 0 Å². The van der Waals surface area contributed by atoms with Gasteiger partial charge in [-0.05, 0) is 60.9 Å². The third-order valence-corrected chi connectivity index (χ3v) is 7.17. The minimum absolute atomic E-state index is 0.0817. The molecule has 4 nitrogen and oxygen atoms in total. The zero-order valence-electron chi connectivity index (χ0n) is 17.3. The fourth-order valence-electron chi connectivity index (χ4n) is 4.56. The van der Waals surface area contributed by atoms with E-state index < -0.39 is 4.87 Å². The predicted octanol–water partition coefficient (Wildman–Crippen LogP) is 4.92. The number of amides is 2. The van der Waals surface area contributed by atoms with Crippen LogP contribution in [0.25, 0.3) is 0 Å². The minimum atomic E-state index is -1.13. The van der Waals surface area contributed by atoms with Gasteiger partial charge in [-0.15, -0.1) is 11.8 Å². The van der Waals surface area contributed by atoms with Crippen molar-refractivity contribution < 1.29 is 14.0 Å². The number of nitrogens with zero attached hydrogens (tertiary/aromatic N) is 2. The normalized spacial score (nSPS) is 20.1. The van der Waals surface area contributed by atoms with E-state index >= 15 is 0 Å². The Morgan fingerprint density at radius 1 is 0.968 bits per heavy atom. The first kappa shape index (κ1) is 19.8. The van der Waals surface area contributed by atoms with Gasteiger partial charge in [0, 0.05) is 11.3 Å². The Bertz CT molecular complexity index is 1190. The summed E-state index contributed by atoms with van der Waals surface area (Å²) in [5.74, 6) is -0.307. The fourth-order valence-corrected chi connectivity index (χ4v) is 5.92. The van der Waals surface area contributed by atoms with Crippen LogP contribution in [0.1, 0.15) is 22.3 Å². The number of carbonyl (C=O) groups excluding carboxylic acids is 2. The van der Waals surface area contributed by atoms with Crippen molar-refractivity contribution in [3.8, 4) is 0 Å². The second-order valence-electron chi connectivity index (χ2n) is 8.04. The second kappa shape index (κ2) is 7.24. The number of halogens is 1. The molecule has 1 fully saturated rings. The molecule has 0 aliphatic carbocycles. The maximum absolute atomic E-state index is 14.0. The van der Waals surface area contributed by atoms with Crippen LogP contribution in [0.4, 0.5) is 15.8 Å². The predicted molar refractivity (Wildman–Crippen MR) is 122 cm³/mol. The molecule has 1 spiro atoms. The quantitative estimate of drug-likeness (QED) is 0.590. The van der Waals surface area contributed by atoms with Crippen LogP contribution in [0.2, 0.25) is 0 Å². The van der Waals surface area contributed by atoms with Gasteiger partial charge in [-0.2, -0.15) is 0 Å². The number of benzene rings is 3. The number of aryl methyl sites for hydroxylation is 2. The molecular formula is C25H21FN2O2S. The highest BCUT2D eigenvalue weighted by molar-refractivity contribution is 8.02. The lowest BCUT2D eigenvalue weighted by atomic mass is 10.0. The number of thioether (sulfide) groups is 1. The molecule has 2 heterocycles. The van der Waals surface area contributed by atoms with E-state index in [4.69, 9.17) is 0 Å². The molecule has 1 unspecified atom stereocenters. The lowest BCUT2D eigenvalue weighted by Crippen LogP contribution is -2.49. The summed E-state index contributed by atoms with van der Waals surface area (Å²) in [5.41, 5.74) is 5.24. The average molecular weight is 433 g/mol. The van der Waals surface area contributed by atoms with Crippen LogP contribution in [-0.4, -0.2) is 17.6 Å². The van der Waals surface area contributed by atoms with Crippen molar-refractivity contribution in [3.63, 3.8) is 0 Å². The Kier molecular flexibility index (Phi) is 4.63. The highest BCUT2D eigenvalue weighted by Crippen LogP contribution is 2.56. The summed E-state index contributed by atoms with van der Waals surface area (Å²) >= 11 is 1.37. The molecule has 31 heavy (non-hydrogen) atoms. The molecule has 5 rings (SSSR count). The summed E-state index contributed by atoms with van der Waals surface area (Å²) in [6, 6.07) is 19.8. The van der Waals surface area contributed by atoms with E-state index in [0.29, 0.717) is 6.54 Å². The lowest BCUT2D eigenvalue weighted by Gasteiger charge is -2.33. The van der Waals surface area contributed by atoms with Crippen LogP contribution in [0.3, 0.4) is 0 Å². The zero-order valence-corrected chi connectivity index (χ0v) is 18.1. The molecular weight excluding hydrogens is 411 g/mol. The molecule has 0 bridgehead atoms. The van der Waals surface area contributed by atoms with E-state index in [1.54, 1.807) is 21.9 Å². The standard InChI is InChI=1S/C25H21FN2O2S/c1-16-11-17(2)13-20(12-16)28-23(29)15-31-25(28)21-5-3-4-6-22(21)27(24(25)30)14-18-7-9-19(26)10-8-18/h3-13H,14-15H2,1-2H3. The molecule has 6 heteroatoms. The van der Waals surface area contributed by atoms with Crippen LogP contribution in [-0.2, 0) is 21.0 Å². The molecule has 2 aliphatic rings. The van der Waals surface area contributed by atoms with Gasteiger partial charge in [0.2, 0.25) is 10.8 Å². The summed E-state index contributed by atoms with van der Waals surface area (Å²) in [5, 5.41) is 0. The first-order valence-corrected chi connectivity index (χ1v) is 11.1. The van der Waals surface area contributed by atoms with Gasteiger partial charge in [0.15, 0.2) is 0 Å². The van der Waals surface area contributed by atoms with Crippen LogP contribution in [0.15, 0.2) is 66.7 Å². The Labute approximate surface area is 184 Å². The third-order valence-electron chi connectivity index (χ3n) is 5.78. The molecule has 0 radical (unpaired) electrons. The Morgan fingerprint density at radius 2 is 1.65 bits per heavy atom. The highest BCUT2D eigenvalue weighted by atomic mass is 32.2. The number of hydrogen-bond donors (Lipinski definition) is 0. The number of para-hydroxylation sites is 1. The maximum Gasteiger partial charge on any atom is 0.269 e. The Balaban J connectivity index is 1.65. The van der Waals surface area contributed by atoms with Gasteiger partial charge in [-0.3, -0.25) is 14.5 Å². The summed E-state index contributed by atoms with van der Waals surface area (Å²) in [6.45, 7) is 4.29. The van der Waals surface area contributed by atoms with Gasteiger partial charge in [-0.25, -0.2) is 4.39 Å². The molecule has 0 aromatic heterocycles. The average Bonchev–Trinajstić information content (AvgIpc) is 3.20. The molecule has 2 amide bonds. The Morgan fingerprint density at radius 3 is 2.35 bits per heavy atom. The van der Waals surface area contributed by atoms with Gasteiger partial charge in [0.1, 0.15) is 5.82 Å². The highest BCUT2D eigenvalue weighted by Gasteiger charge is 2.60. The van der Waals surface area contributed by atoms with Gasteiger partial charge in [0.05, 0.1) is 18.0 Å². The number of rotatable bonds is 3. The molecule has 2 aliphatic heterocycles. The maximum atomic E-state index is 14.0.